The lowest BCUT2D eigenvalue weighted by Gasteiger charge is -2.33. The number of aliphatic hydroxyl groups excluding tert-OH is 1. The van der Waals surface area contributed by atoms with Gasteiger partial charge in [0, 0.05) is 24.5 Å². The summed E-state index contributed by atoms with van der Waals surface area (Å²) >= 11 is 5.13. The van der Waals surface area contributed by atoms with Crippen LogP contribution in [-0.4, -0.2) is 34.3 Å². The predicted molar refractivity (Wildman–Crippen MR) is 77.1 cm³/mol. The molecule has 1 aromatic rings. The molecule has 0 saturated carbocycles. The zero-order valence-corrected chi connectivity index (χ0v) is 11.6. The van der Waals surface area contributed by atoms with Crippen molar-refractivity contribution in [1.29, 1.82) is 0 Å². The Morgan fingerprint density at radius 3 is 2.89 bits per heavy atom. The Morgan fingerprint density at radius 1 is 1.56 bits per heavy atom. The van der Waals surface area contributed by atoms with E-state index in [9.17, 15) is 5.11 Å². The van der Waals surface area contributed by atoms with E-state index >= 15 is 0 Å². The number of anilines is 1. The summed E-state index contributed by atoms with van der Waals surface area (Å²) in [6, 6.07) is 2.00. The number of hydrogen-bond acceptors (Lipinski definition) is 4. The lowest BCUT2D eigenvalue weighted by molar-refractivity contribution is 0.154. The highest BCUT2D eigenvalue weighted by atomic mass is 32.1. The highest BCUT2D eigenvalue weighted by Crippen LogP contribution is 2.26. The molecule has 1 aliphatic heterocycles. The van der Waals surface area contributed by atoms with Crippen LogP contribution in [0, 0.1) is 13.8 Å². The average molecular weight is 265 g/mol. The highest BCUT2D eigenvalue weighted by molar-refractivity contribution is 7.80. The minimum Gasteiger partial charge on any atom is -0.391 e. The van der Waals surface area contributed by atoms with Crippen molar-refractivity contribution >= 4 is 22.9 Å². The number of aliphatic hydroxyl groups is 1. The van der Waals surface area contributed by atoms with Crippen LogP contribution < -0.4 is 10.6 Å². The summed E-state index contributed by atoms with van der Waals surface area (Å²) in [4.78, 5) is 6.94. The van der Waals surface area contributed by atoms with Gasteiger partial charge in [0.1, 0.15) is 4.99 Å². The predicted octanol–water partition coefficient (Wildman–Crippen LogP) is 1.29. The summed E-state index contributed by atoms with van der Waals surface area (Å²) in [5.74, 6) is 0. The maximum Gasteiger partial charge on any atom is 0.107 e. The third-order valence-electron chi connectivity index (χ3n) is 3.29. The van der Waals surface area contributed by atoms with Crippen molar-refractivity contribution in [2.24, 2.45) is 5.73 Å². The van der Waals surface area contributed by atoms with Crippen molar-refractivity contribution < 1.29 is 5.11 Å². The molecule has 1 aliphatic rings. The van der Waals surface area contributed by atoms with E-state index in [1.54, 1.807) is 0 Å². The number of piperidine rings is 1. The van der Waals surface area contributed by atoms with Crippen LogP contribution in [0.1, 0.15) is 29.8 Å². The zero-order chi connectivity index (χ0) is 13.3. The molecule has 0 radical (unpaired) electrons. The van der Waals surface area contributed by atoms with Crippen molar-refractivity contribution in [3.8, 4) is 0 Å². The first-order chi connectivity index (χ1) is 8.49. The van der Waals surface area contributed by atoms with Gasteiger partial charge >= 0.3 is 0 Å². The summed E-state index contributed by atoms with van der Waals surface area (Å²) < 4.78 is 0. The fourth-order valence-electron chi connectivity index (χ4n) is 2.54. The monoisotopic (exact) mass is 265 g/mol. The smallest absolute Gasteiger partial charge is 0.107 e. The van der Waals surface area contributed by atoms with Crippen LogP contribution in [-0.2, 0) is 0 Å². The number of aromatic nitrogens is 1. The summed E-state index contributed by atoms with van der Waals surface area (Å²) in [5, 5.41) is 9.79. The van der Waals surface area contributed by atoms with Crippen molar-refractivity contribution in [2.45, 2.75) is 32.8 Å². The summed E-state index contributed by atoms with van der Waals surface area (Å²) in [6.45, 7) is 5.44. The molecular formula is C13H19N3OS. The van der Waals surface area contributed by atoms with Gasteiger partial charge in [-0.2, -0.15) is 0 Å². The van der Waals surface area contributed by atoms with Gasteiger partial charge in [-0.3, -0.25) is 4.98 Å². The lowest BCUT2D eigenvalue weighted by atomic mass is 10.0. The van der Waals surface area contributed by atoms with Crippen molar-refractivity contribution in [3.63, 3.8) is 0 Å². The van der Waals surface area contributed by atoms with Crippen LogP contribution in [0.4, 0.5) is 5.69 Å². The molecular weight excluding hydrogens is 246 g/mol. The van der Waals surface area contributed by atoms with Crippen molar-refractivity contribution in [3.05, 3.63) is 23.0 Å². The molecule has 2 heterocycles. The first-order valence-corrected chi connectivity index (χ1v) is 6.61. The quantitative estimate of drug-likeness (QED) is 0.789. The Morgan fingerprint density at radius 2 is 2.28 bits per heavy atom. The van der Waals surface area contributed by atoms with Gasteiger partial charge in [0.15, 0.2) is 0 Å². The number of nitrogens with two attached hydrogens (primary N) is 1. The van der Waals surface area contributed by atoms with Gasteiger partial charge in [0.05, 0.1) is 17.4 Å². The largest absolute Gasteiger partial charge is 0.391 e. The molecule has 1 atom stereocenters. The van der Waals surface area contributed by atoms with Gasteiger partial charge in [-0.15, -0.1) is 0 Å². The van der Waals surface area contributed by atoms with Gasteiger partial charge in [-0.25, -0.2) is 0 Å². The van der Waals surface area contributed by atoms with E-state index < -0.39 is 0 Å². The summed E-state index contributed by atoms with van der Waals surface area (Å²) in [7, 11) is 0. The number of hydrogen-bond donors (Lipinski definition) is 2. The standard InChI is InChI=1S/C13H19N3OS/c1-8-6-11(12(13(14)18)9(2)15-8)16-5-3-4-10(17)7-16/h6,10,17H,3-5,7H2,1-2H3,(H2,14,18). The number of β-amino-alcohol motifs (C(OH)–C–C–N with tert-alkyl or cyclic N) is 1. The van der Waals surface area contributed by atoms with E-state index in [4.69, 9.17) is 18.0 Å². The van der Waals surface area contributed by atoms with E-state index in [-0.39, 0.29) is 6.10 Å². The number of aryl methyl sites for hydroxylation is 2. The Labute approximate surface area is 113 Å². The SMILES string of the molecule is Cc1cc(N2CCCC(O)C2)c(C(N)=S)c(C)n1. The average Bonchev–Trinajstić information content (AvgIpc) is 2.27. The number of nitrogens with zero attached hydrogens (tertiary/aromatic N) is 2. The molecule has 3 N–H and O–H groups in total. The van der Waals surface area contributed by atoms with Crippen LogP contribution >= 0.6 is 12.2 Å². The molecule has 2 rings (SSSR count). The fraction of sp³-hybridized carbons (Fsp3) is 0.538. The summed E-state index contributed by atoms with van der Waals surface area (Å²) in [6.07, 6.45) is 1.58. The lowest BCUT2D eigenvalue weighted by Crippen LogP contribution is -2.39. The van der Waals surface area contributed by atoms with E-state index in [1.807, 2.05) is 19.9 Å². The van der Waals surface area contributed by atoms with Gasteiger partial charge < -0.3 is 15.7 Å². The summed E-state index contributed by atoms with van der Waals surface area (Å²) in [5.41, 5.74) is 9.46. The van der Waals surface area contributed by atoms with Gasteiger partial charge in [0.2, 0.25) is 0 Å². The Hall–Kier alpha value is -1.20. The van der Waals surface area contributed by atoms with Crippen LogP contribution in [0.15, 0.2) is 6.07 Å². The first kappa shape index (κ1) is 13.2. The minimum absolute atomic E-state index is 0.272. The van der Waals surface area contributed by atoms with Crippen molar-refractivity contribution in [1.82, 2.24) is 4.98 Å². The third kappa shape index (κ3) is 2.62. The van der Waals surface area contributed by atoms with Gasteiger partial charge in [-0.05, 0) is 32.8 Å². The molecule has 5 heteroatoms. The van der Waals surface area contributed by atoms with E-state index in [0.29, 0.717) is 11.5 Å². The normalized spacial score (nSPS) is 19.9. The molecule has 18 heavy (non-hydrogen) atoms. The molecule has 0 aliphatic carbocycles. The fourth-order valence-corrected chi connectivity index (χ4v) is 2.79. The van der Waals surface area contributed by atoms with Crippen molar-refractivity contribution in [2.75, 3.05) is 18.0 Å². The van der Waals surface area contributed by atoms with Crippen LogP contribution in [0.3, 0.4) is 0 Å². The molecule has 0 aromatic carbocycles. The number of rotatable bonds is 2. The van der Waals surface area contributed by atoms with Gasteiger partial charge in [0.25, 0.3) is 0 Å². The second-order valence-electron chi connectivity index (χ2n) is 4.85. The molecule has 1 fully saturated rings. The minimum atomic E-state index is -0.272. The molecule has 1 unspecified atom stereocenters. The Balaban J connectivity index is 2.44. The van der Waals surface area contributed by atoms with Crippen LogP contribution in [0.5, 0.6) is 0 Å². The number of thiocarbonyl (C=S) groups is 1. The topological polar surface area (TPSA) is 62.4 Å². The van der Waals surface area contributed by atoms with Crippen LogP contribution in [0.2, 0.25) is 0 Å². The molecule has 1 aromatic heterocycles. The number of pyridine rings is 1. The van der Waals surface area contributed by atoms with E-state index in [1.165, 1.54) is 0 Å². The van der Waals surface area contributed by atoms with E-state index in [0.717, 1.165) is 42.0 Å². The molecule has 0 spiro atoms. The second-order valence-corrected chi connectivity index (χ2v) is 5.29. The molecule has 98 valence electrons. The molecule has 4 nitrogen and oxygen atoms in total. The second kappa shape index (κ2) is 5.20. The highest BCUT2D eigenvalue weighted by Gasteiger charge is 2.22. The van der Waals surface area contributed by atoms with E-state index in [2.05, 4.69) is 9.88 Å². The first-order valence-electron chi connectivity index (χ1n) is 6.20. The third-order valence-corrected chi connectivity index (χ3v) is 3.50. The maximum atomic E-state index is 9.79. The zero-order valence-electron chi connectivity index (χ0n) is 10.8. The molecule has 1 saturated heterocycles. The molecule has 0 amide bonds. The molecule has 0 bridgehead atoms. The maximum absolute atomic E-state index is 9.79. The van der Waals surface area contributed by atoms with Crippen LogP contribution in [0.25, 0.3) is 0 Å². The van der Waals surface area contributed by atoms with Gasteiger partial charge in [-0.1, -0.05) is 12.2 Å². The Bertz CT molecular complexity index is 476. The Kier molecular flexibility index (Phi) is 3.82.